The van der Waals surface area contributed by atoms with Crippen LogP contribution in [0.4, 0.5) is 0 Å². The van der Waals surface area contributed by atoms with E-state index in [1.54, 1.807) is 12.1 Å². The number of hydrogen-bond acceptors (Lipinski definition) is 14. The Bertz CT molecular complexity index is 2410. The third-order valence-electron chi connectivity index (χ3n) is 12.1. The molecule has 0 radical (unpaired) electrons. The maximum atomic E-state index is 13.5. The minimum Gasteiger partial charge on any atom is -0.508 e. The number of carboxylic acid groups (broad SMARTS) is 1. The number of carbonyl (C=O) groups excluding carboxylic acids is 1. The lowest BCUT2D eigenvalue weighted by molar-refractivity contribution is -0.340. The number of phenolic OH excluding ortho intramolecular Hbond substituents is 1. The minimum atomic E-state index is -2.54. The van der Waals surface area contributed by atoms with Crippen LogP contribution in [0.15, 0.2) is 107 Å². The van der Waals surface area contributed by atoms with Gasteiger partial charge in [0.15, 0.2) is 29.0 Å². The molecule has 2 fully saturated rings. The van der Waals surface area contributed by atoms with Gasteiger partial charge in [-0.15, -0.1) is 0 Å². The monoisotopic (exact) mass is 899 g/mol. The second-order valence-electron chi connectivity index (χ2n) is 16.0. The number of aromatic hydroxyl groups is 1. The van der Waals surface area contributed by atoms with E-state index >= 15 is 0 Å². The van der Waals surface area contributed by atoms with Crippen molar-refractivity contribution in [1.29, 1.82) is 0 Å². The Kier molecular flexibility index (Phi) is 15.2. The maximum Gasteiger partial charge on any atom is 0.335 e. The van der Waals surface area contributed by atoms with E-state index in [9.17, 15) is 34.8 Å². The fourth-order valence-electron chi connectivity index (χ4n) is 8.53. The molecule has 334 valence electrons. The minimum absolute atomic E-state index is 0.00671. The largest absolute Gasteiger partial charge is 0.508 e. The van der Waals surface area contributed by atoms with Crippen LogP contribution in [0.3, 0.4) is 0 Å². The van der Waals surface area contributed by atoms with E-state index in [-0.39, 0.29) is 63.4 Å². The van der Waals surface area contributed by atoms with Gasteiger partial charge in [-0.25, -0.2) is 4.79 Å². The topological polar surface area (TPSA) is 213 Å². The summed E-state index contributed by atoms with van der Waals surface area (Å²) in [5.41, 5.74) is -0.948. The number of carbonyl (C=O) groups is 2. The average Bonchev–Trinajstić information content (AvgIpc) is 3.82. The molecule has 2 aliphatic rings. The van der Waals surface area contributed by atoms with Gasteiger partial charge in [-0.1, -0.05) is 77.1 Å². The number of phenols is 1. The maximum absolute atomic E-state index is 13.5. The Labute approximate surface area is 372 Å². The number of aliphatic hydroxyl groups is 2. The molecule has 0 unspecified atom stereocenters. The number of H-pyrrole nitrogens is 1. The van der Waals surface area contributed by atoms with Crippen LogP contribution >= 0.6 is 21.6 Å². The molecule has 63 heavy (non-hydrogen) atoms. The molecule has 5 aromatic rings. The van der Waals surface area contributed by atoms with E-state index in [1.165, 1.54) is 69.3 Å². The standard InChI is InChI=1S/C47H53N3O11S2/c1-29(7-5-10-30-8-3-4-9-31(30)11-6-19-48-2)37-23-50-26-46(57)45(60-35-16-17-36-40(21-35)58-24-38(41(36)53)32-12-14-34(52)15-13-32)61-42(44(55)56)43(54)47(46,27-51)59-28-63-62-25-39(37)33-18-20-49-22-33/h3-5,8-10,12-18,20-22,24,27,29,37,39,42-43,45,48-50,52,54,57H,6-7,11,19,23,25-26,28H2,1-2H3,(H,55,56)/b10-5+/t29-,37-,39+,42-,43+,45+,46-,47-/m0/s1. The smallest absolute Gasteiger partial charge is 0.335 e. The van der Waals surface area contributed by atoms with Gasteiger partial charge in [-0.3, -0.25) is 9.59 Å². The molecule has 3 aromatic carbocycles. The van der Waals surface area contributed by atoms with Crippen LogP contribution in [0, 0.1) is 11.8 Å². The van der Waals surface area contributed by atoms with Gasteiger partial charge in [0, 0.05) is 30.8 Å². The zero-order chi connectivity index (χ0) is 44.6. The lowest BCUT2D eigenvalue weighted by Crippen LogP contribution is -2.80. The number of allylic oxidation sites excluding steroid dienone is 1. The molecule has 14 nitrogen and oxygen atoms in total. The highest BCUT2D eigenvalue weighted by Gasteiger charge is 2.69. The molecule has 16 heteroatoms. The fraction of sp³-hybridized carbons (Fsp3) is 0.383. The van der Waals surface area contributed by atoms with Crippen molar-refractivity contribution < 1.29 is 48.6 Å². The summed E-state index contributed by atoms with van der Waals surface area (Å²) >= 11 is 0. The molecule has 7 N–H and O–H groups in total. The third kappa shape index (κ3) is 9.93. The van der Waals surface area contributed by atoms with Crippen LogP contribution in [-0.2, 0) is 25.5 Å². The molecule has 7 rings (SSSR count). The molecule has 0 amide bonds. The number of hydrogen-bond donors (Lipinski definition) is 7. The van der Waals surface area contributed by atoms with Crippen LogP contribution in [0.2, 0.25) is 0 Å². The normalized spacial score (nSPS) is 26.3. The molecule has 2 aliphatic heterocycles. The Hall–Kier alpha value is -4.91. The van der Waals surface area contributed by atoms with Gasteiger partial charge in [0.2, 0.25) is 6.29 Å². The van der Waals surface area contributed by atoms with Crippen molar-refractivity contribution in [3.05, 3.63) is 124 Å². The molecule has 0 aliphatic carbocycles. The van der Waals surface area contributed by atoms with Crippen LogP contribution < -0.4 is 20.8 Å². The number of aliphatic carboxylic acids is 1. The number of aliphatic hydroxyl groups excluding tert-OH is 1. The van der Waals surface area contributed by atoms with Crippen LogP contribution in [0.5, 0.6) is 11.5 Å². The zero-order valence-corrected chi connectivity index (χ0v) is 36.6. The molecular formula is C47H53N3O11S2. The fourth-order valence-corrected chi connectivity index (χ4v) is 10.6. The number of aryl methyl sites for hydroxylation is 1. The molecule has 0 bridgehead atoms. The summed E-state index contributed by atoms with van der Waals surface area (Å²) in [7, 11) is 4.74. The van der Waals surface area contributed by atoms with Crippen molar-refractivity contribution in [3.8, 4) is 22.6 Å². The molecule has 4 heterocycles. The number of benzene rings is 3. The summed E-state index contributed by atoms with van der Waals surface area (Å²) in [6.45, 7) is 3.04. The Morgan fingerprint density at radius 1 is 1.11 bits per heavy atom. The summed E-state index contributed by atoms with van der Waals surface area (Å²) in [5.74, 6) is -0.958. The number of carboxylic acids is 1. The van der Waals surface area contributed by atoms with Crippen LogP contribution in [0.25, 0.3) is 28.2 Å². The Balaban J connectivity index is 1.19. The number of fused-ring (bicyclic) bond motifs is 2. The van der Waals surface area contributed by atoms with Gasteiger partial charge in [0.1, 0.15) is 35.4 Å². The Morgan fingerprint density at radius 3 is 2.67 bits per heavy atom. The summed E-state index contributed by atoms with van der Waals surface area (Å²) < 4.78 is 24.1. The lowest BCUT2D eigenvalue weighted by Gasteiger charge is -2.53. The van der Waals surface area contributed by atoms with Crippen molar-refractivity contribution in [2.24, 2.45) is 11.8 Å². The molecule has 0 spiro atoms. The summed E-state index contributed by atoms with van der Waals surface area (Å²) in [6.07, 6.45) is 6.41. The predicted molar refractivity (Wildman–Crippen MR) is 244 cm³/mol. The highest BCUT2D eigenvalue weighted by atomic mass is 33.1. The van der Waals surface area contributed by atoms with Crippen molar-refractivity contribution in [3.63, 3.8) is 0 Å². The first-order valence-corrected chi connectivity index (χ1v) is 23.4. The van der Waals surface area contributed by atoms with E-state index in [0.29, 0.717) is 17.9 Å². The molecule has 0 saturated carbocycles. The van der Waals surface area contributed by atoms with Crippen molar-refractivity contribution in [2.75, 3.05) is 38.4 Å². The number of β-amino-alcohol motifs (C(OH)–C–C–N with tert-alkyl or cyclic N) is 1. The number of aromatic amines is 1. The highest BCUT2D eigenvalue weighted by Crippen LogP contribution is 2.44. The number of aromatic nitrogens is 1. The second-order valence-corrected chi connectivity index (χ2v) is 18.5. The number of nitrogens with one attached hydrogen (secondary N) is 3. The van der Waals surface area contributed by atoms with E-state index in [0.717, 1.165) is 31.4 Å². The third-order valence-corrected chi connectivity index (χ3v) is 14.2. The van der Waals surface area contributed by atoms with Crippen molar-refractivity contribution >= 4 is 50.9 Å². The summed E-state index contributed by atoms with van der Waals surface area (Å²) in [4.78, 5) is 42.6. The number of aldehydes is 1. The zero-order valence-electron chi connectivity index (χ0n) is 35.0. The molecule has 8 atom stereocenters. The predicted octanol–water partition coefficient (Wildman–Crippen LogP) is 5.96. The highest BCUT2D eigenvalue weighted by molar-refractivity contribution is 8.76. The van der Waals surface area contributed by atoms with E-state index in [1.807, 2.05) is 25.5 Å². The number of ether oxygens (including phenoxy) is 3. The van der Waals surface area contributed by atoms with E-state index in [2.05, 4.69) is 59.0 Å². The number of rotatable bonds is 14. The summed E-state index contributed by atoms with van der Waals surface area (Å²) in [5, 5.41) is 51.2. The van der Waals surface area contributed by atoms with Crippen LogP contribution in [-0.4, -0.2) is 106 Å². The van der Waals surface area contributed by atoms with Gasteiger partial charge >= 0.3 is 5.97 Å². The average molecular weight is 900 g/mol. The quantitative estimate of drug-likeness (QED) is 0.0389. The first kappa shape index (κ1) is 46.1. The lowest BCUT2D eigenvalue weighted by atomic mass is 9.73. The van der Waals surface area contributed by atoms with E-state index in [4.69, 9.17) is 18.6 Å². The molecule has 2 aromatic heterocycles. The summed E-state index contributed by atoms with van der Waals surface area (Å²) in [6, 6.07) is 20.8. The van der Waals surface area contributed by atoms with E-state index < -0.39 is 42.2 Å². The molecular weight excluding hydrogens is 847 g/mol. The second kappa shape index (κ2) is 20.7. The first-order valence-electron chi connectivity index (χ1n) is 20.9. The Morgan fingerprint density at radius 2 is 1.92 bits per heavy atom. The molecule has 2 saturated heterocycles. The SMILES string of the molecule is CNCCCc1ccccc1/C=C/C[C@H](C)[C@@H]1CNC[C@]2(O)[C@H](Oc3ccc4c(=O)c(-c5ccc(O)cc5)coc4c3)O[C@H](C(=O)O)[C@@H](O)[C@]2(C=O)OCSSC[C@@H]1c1cc[nH]c1. The van der Waals surface area contributed by atoms with Gasteiger partial charge in [-0.05, 0) is 110 Å². The van der Waals surface area contributed by atoms with Gasteiger partial charge in [-0.2, -0.15) is 0 Å². The van der Waals surface area contributed by atoms with Gasteiger partial charge < -0.3 is 54.7 Å². The van der Waals surface area contributed by atoms with Gasteiger partial charge in [0.05, 0.1) is 10.9 Å². The van der Waals surface area contributed by atoms with Gasteiger partial charge in [0.25, 0.3) is 0 Å². The van der Waals surface area contributed by atoms with Crippen molar-refractivity contribution in [2.45, 2.75) is 61.8 Å². The first-order chi connectivity index (χ1) is 30.5. The van der Waals surface area contributed by atoms with Crippen molar-refractivity contribution in [1.82, 2.24) is 15.6 Å². The van der Waals surface area contributed by atoms with Crippen LogP contribution in [0.1, 0.15) is 42.4 Å².